The Balaban J connectivity index is 2.31. The molecule has 2 aromatic carbocycles. The Labute approximate surface area is 110 Å². The number of fused-ring (bicyclic) bond motifs is 3. The topological polar surface area (TPSA) is 0 Å². The number of rotatable bonds is 1. The van der Waals surface area contributed by atoms with Gasteiger partial charge < -0.3 is 0 Å². The molecule has 92 valence electrons. The van der Waals surface area contributed by atoms with Gasteiger partial charge in [-0.25, -0.2) is 0 Å². The molecule has 0 saturated heterocycles. The first-order valence-electron chi connectivity index (χ1n) is 6.79. The second kappa shape index (κ2) is 3.71. The molecule has 0 atom stereocenters. The first-order valence-corrected chi connectivity index (χ1v) is 6.79. The lowest BCUT2D eigenvalue weighted by Gasteiger charge is -2.22. The zero-order chi connectivity index (χ0) is 12.9. The summed E-state index contributed by atoms with van der Waals surface area (Å²) in [5, 5.41) is 0. The first kappa shape index (κ1) is 11.5. The van der Waals surface area contributed by atoms with Crippen molar-refractivity contribution >= 4 is 0 Å². The molecular weight excluding hydrogens is 216 g/mol. The van der Waals surface area contributed by atoms with E-state index < -0.39 is 0 Å². The molecule has 0 saturated carbocycles. The minimum Gasteiger partial charge on any atom is -0.0613 e. The molecule has 0 N–H and O–H groups in total. The van der Waals surface area contributed by atoms with E-state index in [0.29, 0.717) is 0 Å². The molecule has 1 aliphatic rings. The molecule has 0 nitrogen and oxygen atoms in total. The second-order valence-corrected chi connectivity index (χ2v) is 5.91. The van der Waals surface area contributed by atoms with Gasteiger partial charge in [0.25, 0.3) is 0 Å². The molecule has 0 unspecified atom stereocenters. The molecule has 0 spiro atoms. The third-order valence-electron chi connectivity index (χ3n) is 4.30. The second-order valence-electron chi connectivity index (χ2n) is 5.91. The summed E-state index contributed by atoms with van der Waals surface area (Å²) in [7, 11) is 0. The van der Waals surface area contributed by atoms with Gasteiger partial charge in [0.2, 0.25) is 0 Å². The highest BCUT2D eigenvalue weighted by Crippen LogP contribution is 2.48. The Kier molecular flexibility index (Phi) is 2.38. The highest BCUT2D eigenvalue weighted by Gasteiger charge is 2.35. The maximum atomic E-state index is 2.39. The standard InChI is InChI=1S/C18H20/c1-5-13-7-9-15-14-8-6-12(2)10-16(14)18(3,4)17(15)11-13/h6-11H,5H2,1-4H3. The summed E-state index contributed by atoms with van der Waals surface area (Å²) >= 11 is 0. The number of hydrogen-bond acceptors (Lipinski definition) is 0. The van der Waals surface area contributed by atoms with Crippen molar-refractivity contribution in [3.05, 3.63) is 58.7 Å². The summed E-state index contributed by atoms with van der Waals surface area (Å²) in [5.41, 5.74) is 8.74. The molecule has 0 aromatic heterocycles. The fraction of sp³-hybridized carbons (Fsp3) is 0.333. The van der Waals surface area contributed by atoms with Crippen LogP contribution in [0, 0.1) is 6.92 Å². The van der Waals surface area contributed by atoms with Crippen molar-refractivity contribution in [1.82, 2.24) is 0 Å². The van der Waals surface area contributed by atoms with Crippen LogP contribution in [0.5, 0.6) is 0 Å². The fourth-order valence-corrected chi connectivity index (χ4v) is 3.12. The van der Waals surface area contributed by atoms with Crippen molar-refractivity contribution in [3.8, 4) is 11.1 Å². The lowest BCUT2D eigenvalue weighted by molar-refractivity contribution is 0.658. The normalized spacial score (nSPS) is 15.3. The van der Waals surface area contributed by atoms with Gasteiger partial charge in [-0.3, -0.25) is 0 Å². The van der Waals surface area contributed by atoms with Gasteiger partial charge in [0.1, 0.15) is 0 Å². The fourth-order valence-electron chi connectivity index (χ4n) is 3.12. The molecule has 0 heteroatoms. The smallest absolute Gasteiger partial charge is 0.0159 e. The number of hydrogen-bond donors (Lipinski definition) is 0. The summed E-state index contributed by atoms with van der Waals surface area (Å²) in [6.45, 7) is 9.09. The van der Waals surface area contributed by atoms with E-state index in [1.807, 2.05) is 0 Å². The van der Waals surface area contributed by atoms with Crippen LogP contribution in [0.3, 0.4) is 0 Å². The zero-order valence-corrected chi connectivity index (χ0v) is 11.7. The lowest BCUT2D eigenvalue weighted by Crippen LogP contribution is -2.15. The van der Waals surface area contributed by atoms with Crippen molar-refractivity contribution in [2.24, 2.45) is 0 Å². The minimum atomic E-state index is 0.141. The summed E-state index contributed by atoms with van der Waals surface area (Å²) < 4.78 is 0. The highest BCUT2D eigenvalue weighted by molar-refractivity contribution is 5.81. The lowest BCUT2D eigenvalue weighted by atomic mass is 9.81. The number of aryl methyl sites for hydroxylation is 2. The van der Waals surface area contributed by atoms with Crippen LogP contribution in [0.2, 0.25) is 0 Å². The van der Waals surface area contributed by atoms with Crippen molar-refractivity contribution < 1.29 is 0 Å². The van der Waals surface area contributed by atoms with Gasteiger partial charge in [-0.15, -0.1) is 0 Å². The van der Waals surface area contributed by atoms with Crippen LogP contribution in [0.1, 0.15) is 43.0 Å². The van der Waals surface area contributed by atoms with Crippen LogP contribution in [0.15, 0.2) is 36.4 Å². The van der Waals surface area contributed by atoms with Crippen LogP contribution in [0.25, 0.3) is 11.1 Å². The molecule has 1 aliphatic carbocycles. The van der Waals surface area contributed by atoms with E-state index in [2.05, 4.69) is 64.1 Å². The maximum absolute atomic E-state index is 2.39. The van der Waals surface area contributed by atoms with Crippen LogP contribution in [0.4, 0.5) is 0 Å². The first-order chi connectivity index (χ1) is 8.54. The molecule has 3 rings (SSSR count). The summed E-state index contributed by atoms with van der Waals surface area (Å²) in [6.07, 6.45) is 1.11. The van der Waals surface area contributed by atoms with Gasteiger partial charge in [0, 0.05) is 5.41 Å². The molecule has 0 fully saturated rings. The molecule has 0 amide bonds. The molecule has 0 radical (unpaired) electrons. The Morgan fingerprint density at radius 2 is 1.50 bits per heavy atom. The van der Waals surface area contributed by atoms with Gasteiger partial charge in [-0.1, -0.05) is 62.7 Å². The van der Waals surface area contributed by atoms with Gasteiger partial charge in [-0.2, -0.15) is 0 Å². The van der Waals surface area contributed by atoms with Gasteiger partial charge >= 0.3 is 0 Å². The van der Waals surface area contributed by atoms with Crippen LogP contribution >= 0.6 is 0 Å². The van der Waals surface area contributed by atoms with E-state index in [-0.39, 0.29) is 5.41 Å². The quantitative estimate of drug-likeness (QED) is 0.663. The molecule has 0 aliphatic heterocycles. The predicted octanol–water partition coefficient (Wildman–Crippen LogP) is 4.86. The summed E-state index contributed by atoms with van der Waals surface area (Å²) in [5.74, 6) is 0. The third kappa shape index (κ3) is 1.45. The average Bonchev–Trinajstić information content (AvgIpc) is 2.58. The van der Waals surface area contributed by atoms with Crippen molar-refractivity contribution in [3.63, 3.8) is 0 Å². The number of benzene rings is 2. The largest absolute Gasteiger partial charge is 0.0613 e. The van der Waals surface area contributed by atoms with Crippen LogP contribution in [-0.4, -0.2) is 0 Å². The van der Waals surface area contributed by atoms with E-state index in [1.54, 1.807) is 0 Å². The van der Waals surface area contributed by atoms with E-state index in [9.17, 15) is 0 Å². The van der Waals surface area contributed by atoms with Gasteiger partial charge in [0.15, 0.2) is 0 Å². The van der Waals surface area contributed by atoms with Crippen LogP contribution < -0.4 is 0 Å². The summed E-state index contributed by atoms with van der Waals surface area (Å²) in [6, 6.07) is 13.8. The summed E-state index contributed by atoms with van der Waals surface area (Å²) in [4.78, 5) is 0. The Morgan fingerprint density at radius 3 is 2.17 bits per heavy atom. The van der Waals surface area contributed by atoms with Crippen molar-refractivity contribution in [2.45, 2.75) is 39.5 Å². The highest BCUT2D eigenvalue weighted by atomic mass is 14.4. The van der Waals surface area contributed by atoms with Crippen molar-refractivity contribution in [1.29, 1.82) is 0 Å². The van der Waals surface area contributed by atoms with E-state index in [4.69, 9.17) is 0 Å². The Bertz CT molecular complexity index is 618. The molecule has 2 aromatic rings. The SMILES string of the molecule is CCc1ccc2c(c1)C(C)(C)c1cc(C)ccc1-2. The maximum Gasteiger partial charge on any atom is 0.0159 e. The minimum absolute atomic E-state index is 0.141. The van der Waals surface area contributed by atoms with Gasteiger partial charge in [-0.05, 0) is 41.2 Å². The van der Waals surface area contributed by atoms with E-state index in [0.717, 1.165) is 6.42 Å². The molecular formula is C18H20. The third-order valence-corrected chi connectivity index (χ3v) is 4.30. The Hall–Kier alpha value is -1.56. The molecule has 18 heavy (non-hydrogen) atoms. The molecule has 0 heterocycles. The monoisotopic (exact) mass is 236 g/mol. The molecule has 0 bridgehead atoms. The van der Waals surface area contributed by atoms with Crippen molar-refractivity contribution in [2.75, 3.05) is 0 Å². The zero-order valence-electron chi connectivity index (χ0n) is 11.7. The Morgan fingerprint density at radius 1 is 0.889 bits per heavy atom. The van der Waals surface area contributed by atoms with Crippen LogP contribution in [-0.2, 0) is 11.8 Å². The predicted molar refractivity (Wildman–Crippen MR) is 78.1 cm³/mol. The van der Waals surface area contributed by atoms with Gasteiger partial charge in [0.05, 0.1) is 0 Å². The van der Waals surface area contributed by atoms with E-state index >= 15 is 0 Å². The average molecular weight is 236 g/mol. The van der Waals surface area contributed by atoms with E-state index in [1.165, 1.54) is 33.4 Å².